The molecule has 11 nitrogen and oxygen atoms in total. The minimum atomic E-state index is -4.35. The minimum absolute atomic E-state index is 0.0320. The van der Waals surface area contributed by atoms with E-state index in [1.54, 1.807) is 23.7 Å². The third-order valence-electron chi connectivity index (χ3n) is 7.42. The van der Waals surface area contributed by atoms with E-state index in [-0.39, 0.29) is 31.1 Å². The number of rotatable bonds is 13. The van der Waals surface area contributed by atoms with Crippen molar-refractivity contribution in [2.75, 3.05) is 13.9 Å². The molecule has 1 aliphatic heterocycles. The van der Waals surface area contributed by atoms with Crippen LogP contribution in [0.3, 0.4) is 0 Å². The zero-order chi connectivity index (χ0) is 31.8. The number of amides is 2. The van der Waals surface area contributed by atoms with Crippen LogP contribution < -0.4 is 25.0 Å². The van der Waals surface area contributed by atoms with E-state index in [4.69, 9.17) is 14.2 Å². The fraction of sp³-hybridized carbons (Fsp3) is 0.212. The van der Waals surface area contributed by atoms with Gasteiger partial charge in [-0.05, 0) is 59.5 Å². The molecule has 0 unspecified atom stereocenters. The van der Waals surface area contributed by atoms with Gasteiger partial charge < -0.3 is 19.5 Å². The molecule has 0 spiro atoms. The Bertz CT molecular complexity index is 1680. The maximum absolute atomic E-state index is 14.1. The highest BCUT2D eigenvalue weighted by atomic mass is 32.2. The molecule has 0 saturated carbocycles. The predicted molar refractivity (Wildman–Crippen MR) is 164 cm³/mol. The molecule has 1 aliphatic rings. The summed E-state index contributed by atoms with van der Waals surface area (Å²) in [6.07, 6.45) is -0.446. The lowest BCUT2D eigenvalue weighted by atomic mass is 9.98. The molecule has 0 aromatic heterocycles. The Balaban J connectivity index is 1.43. The van der Waals surface area contributed by atoms with Crippen LogP contribution in [-0.2, 0) is 26.2 Å². The Morgan fingerprint density at radius 3 is 2.11 bits per heavy atom. The van der Waals surface area contributed by atoms with Gasteiger partial charge in [-0.15, -0.1) is 0 Å². The van der Waals surface area contributed by atoms with Crippen LogP contribution in [0.2, 0.25) is 0 Å². The van der Waals surface area contributed by atoms with Gasteiger partial charge in [-0.3, -0.25) is 14.8 Å². The van der Waals surface area contributed by atoms with E-state index in [0.717, 1.165) is 15.4 Å². The number of benzene rings is 4. The van der Waals surface area contributed by atoms with Gasteiger partial charge in [-0.2, -0.15) is 4.31 Å². The van der Waals surface area contributed by atoms with Crippen molar-refractivity contribution in [1.29, 1.82) is 0 Å². The van der Waals surface area contributed by atoms with Gasteiger partial charge in [-0.1, -0.05) is 66.7 Å². The highest BCUT2D eigenvalue weighted by Gasteiger charge is 2.37. The van der Waals surface area contributed by atoms with E-state index < -0.39 is 33.9 Å². The summed E-state index contributed by atoms with van der Waals surface area (Å²) in [6.45, 7) is -0.231. The van der Waals surface area contributed by atoms with Crippen molar-refractivity contribution in [3.05, 3.63) is 120 Å². The predicted octanol–water partition coefficient (Wildman–Crippen LogP) is 4.17. The lowest BCUT2D eigenvalue weighted by molar-refractivity contribution is -0.133. The molecule has 2 amide bonds. The van der Waals surface area contributed by atoms with Crippen LogP contribution in [0.5, 0.6) is 17.2 Å². The average molecular weight is 632 g/mol. The molecule has 4 aromatic rings. The quantitative estimate of drug-likeness (QED) is 0.147. The number of methoxy groups -OCH3 is 1. The van der Waals surface area contributed by atoms with Crippen molar-refractivity contribution in [3.8, 4) is 17.2 Å². The smallest absolute Gasteiger partial charge is 0.261 e. The molecule has 1 heterocycles. The van der Waals surface area contributed by atoms with Gasteiger partial charge in [0.15, 0.2) is 11.5 Å². The summed E-state index contributed by atoms with van der Waals surface area (Å²) in [4.78, 5) is 26.4. The van der Waals surface area contributed by atoms with Crippen LogP contribution in [0.4, 0.5) is 0 Å². The van der Waals surface area contributed by atoms with Crippen molar-refractivity contribution >= 4 is 21.8 Å². The molecule has 1 atom stereocenters. The fourth-order valence-electron chi connectivity index (χ4n) is 5.10. The second kappa shape index (κ2) is 14.2. The number of hydrogen-bond acceptors (Lipinski definition) is 8. The molecule has 0 saturated heterocycles. The molecule has 3 N–H and O–H groups in total. The van der Waals surface area contributed by atoms with Gasteiger partial charge in [0.25, 0.3) is 5.91 Å². The number of fused-ring (bicyclic) bond motifs is 1. The first-order chi connectivity index (χ1) is 21.8. The van der Waals surface area contributed by atoms with Gasteiger partial charge >= 0.3 is 0 Å². The van der Waals surface area contributed by atoms with Crippen molar-refractivity contribution in [3.63, 3.8) is 0 Å². The van der Waals surface area contributed by atoms with Gasteiger partial charge in [0.05, 0.1) is 18.0 Å². The van der Waals surface area contributed by atoms with Crippen LogP contribution in [-0.4, -0.2) is 49.7 Å². The first-order valence-electron chi connectivity index (χ1n) is 14.2. The normalized spacial score (nSPS) is 13.0. The molecule has 12 heteroatoms. The largest absolute Gasteiger partial charge is 0.497 e. The Labute approximate surface area is 261 Å². The third kappa shape index (κ3) is 7.43. The van der Waals surface area contributed by atoms with Crippen molar-refractivity contribution in [2.45, 2.75) is 36.4 Å². The summed E-state index contributed by atoms with van der Waals surface area (Å²) in [5.41, 5.74) is 3.80. The van der Waals surface area contributed by atoms with E-state index in [2.05, 4.69) is 5.32 Å². The fourth-order valence-corrected chi connectivity index (χ4v) is 6.70. The standard InChI is InChI=1S/C33H33N3O8S/c1-42-26-13-15-27(16-14-26)45(40,41)36(21-23-12-18-29-30(20-23)44-22-43-29)28(33(38)35-39)17-19-31(37)34-32(24-8-4-2-5-9-24)25-10-6-3-7-11-25/h2-16,18,20,28,32,39H,17,19,21-22H2,1H3,(H,34,37)(H,35,38)/t28-/m1/s1. The minimum Gasteiger partial charge on any atom is -0.497 e. The number of ether oxygens (including phenoxy) is 3. The van der Waals surface area contributed by atoms with E-state index in [1.807, 2.05) is 60.7 Å². The molecule has 0 bridgehead atoms. The van der Waals surface area contributed by atoms with Gasteiger partial charge in [0.2, 0.25) is 22.7 Å². The molecule has 0 aliphatic carbocycles. The molecular weight excluding hydrogens is 598 g/mol. The number of nitrogens with one attached hydrogen (secondary N) is 2. The van der Waals surface area contributed by atoms with Gasteiger partial charge in [0, 0.05) is 13.0 Å². The van der Waals surface area contributed by atoms with E-state index >= 15 is 0 Å². The van der Waals surface area contributed by atoms with E-state index in [9.17, 15) is 23.2 Å². The number of carbonyl (C=O) groups is 2. The molecule has 0 radical (unpaired) electrons. The van der Waals surface area contributed by atoms with Crippen LogP contribution in [0.15, 0.2) is 108 Å². The Morgan fingerprint density at radius 1 is 0.889 bits per heavy atom. The number of hydroxylamine groups is 1. The highest BCUT2D eigenvalue weighted by Crippen LogP contribution is 2.34. The maximum Gasteiger partial charge on any atom is 0.261 e. The van der Waals surface area contributed by atoms with Crippen LogP contribution in [0.1, 0.15) is 35.6 Å². The summed E-state index contributed by atoms with van der Waals surface area (Å²) in [6, 6.07) is 27.6. The first-order valence-corrected chi connectivity index (χ1v) is 15.6. The van der Waals surface area contributed by atoms with Gasteiger partial charge in [0.1, 0.15) is 11.8 Å². The number of nitrogens with zero attached hydrogens (tertiary/aromatic N) is 1. The maximum atomic E-state index is 14.1. The topological polar surface area (TPSA) is 144 Å². The summed E-state index contributed by atoms with van der Waals surface area (Å²) >= 11 is 0. The summed E-state index contributed by atoms with van der Waals surface area (Å²) in [5, 5.41) is 12.7. The van der Waals surface area contributed by atoms with Crippen molar-refractivity contribution in [1.82, 2.24) is 15.1 Å². The second-order valence-electron chi connectivity index (χ2n) is 10.3. The van der Waals surface area contributed by atoms with Gasteiger partial charge in [-0.25, -0.2) is 13.9 Å². The summed E-state index contributed by atoms with van der Waals surface area (Å²) in [7, 11) is -2.89. The van der Waals surface area contributed by atoms with Crippen molar-refractivity contribution < 1.29 is 37.4 Å². The SMILES string of the molecule is COc1ccc(S(=O)(=O)N(Cc2ccc3c(c2)OCO3)[C@H](CCC(=O)NC(c2ccccc2)c2ccccc2)C(=O)NO)cc1. The highest BCUT2D eigenvalue weighted by molar-refractivity contribution is 7.89. The second-order valence-corrected chi connectivity index (χ2v) is 12.2. The van der Waals surface area contributed by atoms with Crippen LogP contribution in [0.25, 0.3) is 0 Å². The molecule has 5 rings (SSSR count). The lowest BCUT2D eigenvalue weighted by Gasteiger charge is -2.30. The molecule has 234 valence electrons. The van der Waals surface area contributed by atoms with E-state index in [0.29, 0.717) is 22.8 Å². The number of sulfonamides is 1. The Hall–Kier alpha value is -4.91. The lowest BCUT2D eigenvalue weighted by Crippen LogP contribution is -2.49. The molecular formula is C33H33N3O8S. The molecule has 0 fully saturated rings. The zero-order valence-corrected chi connectivity index (χ0v) is 25.3. The molecule has 4 aromatic carbocycles. The number of hydrogen-bond donors (Lipinski definition) is 3. The monoisotopic (exact) mass is 631 g/mol. The van der Waals surface area contributed by atoms with E-state index in [1.165, 1.54) is 31.4 Å². The summed E-state index contributed by atoms with van der Waals surface area (Å²) in [5.74, 6) is 0.00122. The Kier molecular flexibility index (Phi) is 9.98. The zero-order valence-electron chi connectivity index (χ0n) is 24.5. The Morgan fingerprint density at radius 2 is 1.51 bits per heavy atom. The number of carbonyl (C=O) groups excluding carboxylic acids is 2. The average Bonchev–Trinajstić information content (AvgIpc) is 3.55. The first kappa shape index (κ1) is 31.5. The van der Waals surface area contributed by atoms with Crippen LogP contribution >= 0.6 is 0 Å². The van der Waals surface area contributed by atoms with Crippen molar-refractivity contribution in [2.24, 2.45) is 0 Å². The summed E-state index contributed by atoms with van der Waals surface area (Å²) < 4.78 is 45.2. The van der Waals surface area contributed by atoms with Crippen LogP contribution in [0, 0.1) is 0 Å². The molecule has 45 heavy (non-hydrogen) atoms. The third-order valence-corrected chi connectivity index (χ3v) is 9.29.